The van der Waals surface area contributed by atoms with Gasteiger partial charge in [-0.25, -0.2) is 0 Å². The Labute approximate surface area is 196 Å². The van der Waals surface area contributed by atoms with Gasteiger partial charge in [-0.2, -0.15) is 0 Å². The molecule has 0 spiro atoms. The van der Waals surface area contributed by atoms with E-state index in [1.54, 1.807) is 0 Å². The van der Waals surface area contributed by atoms with E-state index in [-0.39, 0.29) is 11.8 Å². The lowest BCUT2D eigenvalue weighted by molar-refractivity contribution is -0.132. The zero-order chi connectivity index (χ0) is 23.2. The third-order valence-corrected chi connectivity index (χ3v) is 6.26. The van der Waals surface area contributed by atoms with Crippen LogP contribution in [-0.2, 0) is 17.8 Å². The minimum Gasteiger partial charge on any atom is -0.340 e. The van der Waals surface area contributed by atoms with Crippen LogP contribution in [0.25, 0.3) is 0 Å². The summed E-state index contributed by atoms with van der Waals surface area (Å²) < 4.78 is 0. The van der Waals surface area contributed by atoms with Gasteiger partial charge in [-0.15, -0.1) is 0 Å². The molecule has 0 N–H and O–H groups in total. The maximum atomic E-state index is 13.5. The van der Waals surface area contributed by atoms with E-state index in [1.807, 2.05) is 95.6 Å². The van der Waals surface area contributed by atoms with Crippen LogP contribution in [0.4, 0.5) is 5.69 Å². The van der Waals surface area contributed by atoms with Crippen molar-refractivity contribution in [2.24, 2.45) is 0 Å². The fourth-order valence-corrected chi connectivity index (χ4v) is 4.14. The number of hydrogen-bond acceptors (Lipinski definition) is 3. The lowest BCUT2D eigenvalue weighted by atomic mass is 10.1. The van der Waals surface area contributed by atoms with E-state index in [9.17, 15) is 9.59 Å². The molecular formula is C28H31N3O2. The van der Waals surface area contributed by atoms with E-state index < -0.39 is 0 Å². The maximum absolute atomic E-state index is 13.5. The summed E-state index contributed by atoms with van der Waals surface area (Å²) in [7, 11) is 2.08. The van der Waals surface area contributed by atoms with Crippen molar-refractivity contribution in [2.75, 3.05) is 38.1 Å². The van der Waals surface area contributed by atoms with Crippen molar-refractivity contribution in [3.63, 3.8) is 0 Å². The monoisotopic (exact) mass is 441 g/mol. The van der Waals surface area contributed by atoms with Crippen LogP contribution in [0.3, 0.4) is 0 Å². The number of carbonyl (C=O) groups is 2. The van der Waals surface area contributed by atoms with Gasteiger partial charge in [0.15, 0.2) is 0 Å². The van der Waals surface area contributed by atoms with Crippen LogP contribution in [0, 0.1) is 6.92 Å². The molecule has 0 aliphatic carbocycles. The molecule has 5 nitrogen and oxygen atoms in total. The number of piperazine rings is 1. The summed E-state index contributed by atoms with van der Waals surface area (Å²) >= 11 is 0. The lowest BCUT2D eigenvalue weighted by Crippen LogP contribution is -2.47. The number of hydrogen-bond donors (Lipinski definition) is 0. The highest BCUT2D eigenvalue weighted by Crippen LogP contribution is 2.23. The first-order valence-corrected chi connectivity index (χ1v) is 11.5. The molecule has 3 aromatic carbocycles. The van der Waals surface area contributed by atoms with Gasteiger partial charge in [0, 0.05) is 37.4 Å². The van der Waals surface area contributed by atoms with E-state index in [0.29, 0.717) is 18.5 Å². The average Bonchev–Trinajstić information content (AvgIpc) is 2.84. The van der Waals surface area contributed by atoms with Crippen LogP contribution >= 0.6 is 0 Å². The Morgan fingerprint density at radius 2 is 1.42 bits per heavy atom. The van der Waals surface area contributed by atoms with Crippen molar-refractivity contribution in [3.8, 4) is 0 Å². The van der Waals surface area contributed by atoms with Gasteiger partial charge in [0.1, 0.15) is 0 Å². The second kappa shape index (κ2) is 10.5. The zero-order valence-corrected chi connectivity index (χ0v) is 19.4. The Bertz CT molecular complexity index is 1090. The Morgan fingerprint density at radius 3 is 2.09 bits per heavy atom. The molecule has 1 saturated heterocycles. The van der Waals surface area contributed by atoms with Crippen LogP contribution in [0.1, 0.15) is 27.0 Å². The molecule has 0 atom stereocenters. The Morgan fingerprint density at radius 1 is 0.788 bits per heavy atom. The highest BCUT2D eigenvalue weighted by Gasteiger charge is 2.21. The maximum Gasteiger partial charge on any atom is 0.258 e. The molecule has 3 aromatic rings. The number of nitrogens with zero attached hydrogens (tertiary/aromatic N) is 3. The zero-order valence-electron chi connectivity index (χ0n) is 19.4. The standard InChI is InChI=1S/C28H31N3O2/c1-22-8-6-7-11-26(22)28(33)31(21-24-9-4-3-5-10-24)25-14-12-23(13-15-25)20-27(32)30-18-16-29(2)17-19-30/h3-15H,16-21H2,1-2H3. The molecular weight excluding hydrogens is 410 g/mol. The third-order valence-electron chi connectivity index (χ3n) is 6.26. The smallest absolute Gasteiger partial charge is 0.258 e. The van der Waals surface area contributed by atoms with Crippen LogP contribution < -0.4 is 4.90 Å². The van der Waals surface area contributed by atoms with Crippen molar-refractivity contribution in [1.29, 1.82) is 0 Å². The number of amides is 2. The molecule has 0 bridgehead atoms. The third kappa shape index (κ3) is 5.68. The van der Waals surface area contributed by atoms with Crippen molar-refractivity contribution in [1.82, 2.24) is 9.80 Å². The van der Waals surface area contributed by atoms with Gasteiger partial charge in [0.25, 0.3) is 5.91 Å². The number of benzene rings is 3. The lowest BCUT2D eigenvalue weighted by Gasteiger charge is -2.32. The second-order valence-electron chi connectivity index (χ2n) is 8.72. The molecule has 0 aromatic heterocycles. The van der Waals surface area contributed by atoms with Gasteiger partial charge >= 0.3 is 0 Å². The predicted molar refractivity (Wildman–Crippen MR) is 132 cm³/mol. The highest BCUT2D eigenvalue weighted by atomic mass is 16.2. The fraction of sp³-hybridized carbons (Fsp3) is 0.286. The summed E-state index contributed by atoms with van der Waals surface area (Å²) in [6.45, 7) is 5.83. The van der Waals surface area contributed by atoms with Crippen molar-refractivity contribution < 1.29 is 9.59 Å². The average molecular weight is 442 g/mol. The summed E-state index contributed by atoms with van der Waals surface area (Å²) in [5.41, 5.74) is 4.50. The van der Waals surface area contributed by atoms with E-state index in [4.69, 9.17) is 0 Å². The molecule has 4 rings (SSSR count). The van der Waals surface area contributed by atoms with Gasteiger partial charge in [-0.3, -0.25) is 9.59 Å². The van der Waals surface area contributed by atoms with E-state index >= 15 is 0 Å². The first kappa shape index (κ1) is 22.7. The molecule has 1 aliphatic rings. The van der Waals surface area contributed by atoms with Crippen LogP contribution in [-0.4, -0.2) is 54.8 Å². The van der Waals surface area contributed by atoms with Crippen molar-refractivity contribution >= 4 is 17.5 Å². The number of rotatable bonds is 6. The highest BCUT2D eigenvalue weighted by molar-refractivity contribution is 6.07. The SMILES string of the molecule is Cc1ccccc1C(=O)N(Cc1ccccc1)c1ccc(CC(=O)N2CCN(C)CC2)cc1. The van der Waals surface area contributed by atoms with Gasteiger partial charge < -0.3 is 14.7 Å². The first-order valence-electron chi connectivity index (χ1n) is 11.5. The minimum atomic E-state index is -0.0294. The second-order valence-corrected chi connectivity index (χ2v) is 8.72. The van der Waals surface area contributed by atoms with Crippen LogP contribution in [0.15, 0.2) is 78.9 Å². The molecule has 0 unspecified atom stereocenters. The summed E-state index contributed by atoms with van der Waals surface area (Å²) in [6.07, 6.45) is 0.383. The number of likely N-dealkylation sites (N-methyl/N-ethyl adjacent to an activating group) is 1. The van der Waals surface area contributed by atoms with Gasteiger partial charge in [-0.05, 0) is 48.9 Å². The minimum absolute atomic E-state index is 0.0294. The summed E-state index contributed by atoms with van der Waals surface area (Å²) in [4.78, 5) is 32.2. The van der Waals surface area contributed by atoms with E-state index in [0.717, 1.165) is 48.6 Å². The number of anilines is 1. The molecule has 0 saturated carbocycles. The molecule has 1 heterocycles. The fourth-order valence-electron chi connectivity index (χ4n) is 4.14. The number of aryl methyl sites for hydroxylation is 1. The van der Waals surface area contributed by atoms with Gasteiger partial charge in [0.2, 0.25) is 5.91 Å². The Hall–Kier alpha value is -3.44. The molecule has 170 valence electrons. The molecule has 0 radical (unpaired) electrons. The largest absolute Gasteiger partial charge is 0.340 e. The van der Waals surface area contributed by atoms with Crippen molar-refractivity contribution in [2.45, 2.75) is 19.9 Å². The summed E-state index contributed by atoms with van der Waals surface area (Å²) in [6, 6.07) is 25.5. The molecule has 2 amide bonds. The normalized spacial score (nSPS) is 14.2. The predicted octanol–water partition coefficient (Wildman–Crippen LogP) is 4.16. The molecule has 5 heteroatoms. The summed E-state index contributed by atoms with van der Waals surface area (Å²) in [5, 5.41) is 0. The molecule has 1 aliphatic heterocycles. The molecule has 1 fully saturated rings. The Kier molecular flexibility index (Phi) is 7.20. The molecule has 33 heavy (non-hydrogen) atoms. The Balaban J connectivity index is 1.53. The number of carbonyl (C=O) groups excluding carboxylic acids is 2. The van der Waals surface area contributed by atoms with Gasteiger partial charge in [-0.1, -0.05) is 60.7 Å². The first-order chi connectivity index (χ1) is 16.0. The summed E-state index contributed by atoms with van der Waals surface area (Å²) in [5.74, 6) is 0.131. The van der Waals surface area contributed by atoms with E-state index in [2.05, 4.69) is 11.9 Å². The van der Waals surface area contributed by atoms with Crippen LogP contribution in [0.5, 0.6) is 0 Å². The van der Waals surface area contributed by atoms with Gasteiger partial charge in [0.05, 0.1) is 13.0 Å². The topological polar surface area (TPSA) is 43.9 Å². The quantitative estimate of drug-likeness (QED) is 0.577. The van der Waals surface area contributed by atoms with Crippen LogP contribution in [0.2, 0.25) is 0 Å². The van der Waals surface area contributed by atoms with Crippen molar-refractivity contribution in [3.05, 3.63) is 101 Å². The van der Waals surface area contributed by atoms with E-state index in [1.165, 1.54) is 0 Å².